The lowest BCUT2D eigenvalue weighted by atomic mass is 10.2. The number of nitrogens with zero attached hydrogens (tertiary/aromatic N) is 1. The number of carbonyl (C=O) groups excluding carboxylic acids is 1. The molecule has 0 radical (unpaired) electrons. The van der Waals surface area contributed by atoms with Crippen molar-refractivity contribution in [2.24, 2.45) is 0 Å². The van der Waals surface area contributed by atoms with Gasteiger partial charge in [0.15, 0.2) is 11.6 Å². The molecule has 5 nitrogen and oxygen atoms in total. The number of carbonyl (C=O) groups is 1. The van der Waals surface area contributed by atoms with E-state index in [9.17, 15) is 9.18 Å². The summed E-state index contributed by atoms with van der Waals surface area (Å²) in [6.45, 7) is 1.69. The smallest absolute Gasteiger partial charge is 0.237 e. The number of ether oxygens (including phenoxy) is 1. The molecule has 0 saturated heterocycles. The van der Waals surface area contributed by atoms with Gasteiger partial charge in [-0.15, -0.1) is 0 Å². The maximum absolute atomic E-state index is 14.2. The number of pyridine rings is 1. The number of hydrogen-bond acceptors (Lipinski definition) is 3. The monoisotopic (exact) mass is 377 g/mol. The fourth-order valence-electron chi connectivity index (χ4n) is 2.05. The Hall–Kier alpha value is -2.41. The van der Waals surface area contributed by atoms with Crippen molar-refractivity contribution in [2.75, 3.05) is 5.32 Å². The zero-order valence-electron chi connectivity index (χ0n) is 12.1. The van der Waals surface area contributed by atoms with E-state index in [1.54, 1.807) is 31.5 Å². The van der Waals surface area contributed by atoms with Gasteiger partial charge in [0, 0.05) is 24.1 Å². The molecule has 2 N–H and O–H groups in total. The van der Waals surface area contributed by atoms with Crippen LogP contribution in [0.15, 0.2) is 42.7 Å². The number of hydrogen-bond donors (Lipinski definition) is 2. The number of aromatic nitrogens is 2. The third-order valence-electron chi connectivity index (χ3n) is 3.20. The standard InChI is InChI=1S/C16H13BrFN3O2/c1-9(17)16(22)21-10-2-3-14(12(18)8-10)23-13-5-7-20-15-11(13)4-6-19-15/h2-9H,1H3,(H,19,20)(H,21,22). The van der Waals surface area contributed by atoms with Crippen LogP contribution in [0.25, 0.3) is 11.0 Å². The fraction of sp³-hybridized carbons (Fsp3) is 0.125. The number of nitrogens with one attached hydrogen (secondary N) is 2. The predicted molar refractivity (Wildman–Crippen MR) is 89.6 cm³/mol. The van der Waals surface area contributed by atoms with Crippen LogP contribution in [-0.2, 0) is 4.79 Å². The molecule has 2 aromatic heterocycles. The van der Waals surface area contributed by atoms with Gasteiger partial charge < -0.3 is 15.0 Å². The minimum absolute atomic E-state index is 0.0728. The van der Waals surface area contributed by atoms with Crippen LogP contribution in [-0.4, -0.2) is 20.7 Å². The highest BCUT2D eigenvalue weighted by Crippen LogP contribution is 2.31. The minimum atomic E-state index is -0.564. The van der Waals surface area contributed by atoms with Crippen LogP contribution in [0.1, 0.15) is 6.92 Å². The molecule has 3 rings (SSSR count). The lowest BCUT2D eigenvalue weighted by molar-refractivity contribution is -0.115. The Kier molecular flexibility index (Phi) is 4.29. The van der Waals surface area contributed by atoms with E-state index in [0.717, 1.165) is 5.39 Å². The van der Waals surface area contributed by atoms with Crippen molar-refractivity contribution in [3.05, 3.63) is 48.5 Å². The second-order valence-electron chi connectivity index (χ2n) is 4.90. The van der Waals surface area contributed by atoms with Gasteiger partial charge in [-0.25, -0.2) is 9.37 Å². The normalized spacial score (nSPS) is 12.1. The SMILES string of the molecule is CC(Br)C(=O)Nc1ccc(Oc2ccnc3[nH]ccc23)c(F)c1. The van der Waals surface area contributed by atoms with Gasteiger partial charge in [0.2, 0.25) is 5.91 Å². The highest BCUT2D eigenvalue weighted by Gasteiger charge is 2.12. The molecule has 1 aromatic carbocycles. The molecular weight excluding hydrogens is 365 g/mol. The summed E-state index contributed by atoms with van der Waals surface area (Å²) >= 11 is 3.15. The molecule has 1 unspecified atom stereocenters. The Balaban J connectivity index is 1.84. The molecule has 118 valence electrons. The zero-order chi connectivity index (χ0) is 16.4. The molecule has 0 spiro atoms. The van der Waals surface area contributed by atoms with Crippen molar-refractivity contribution in [1.29, 1.82) is 0 Å². The van der Waals surface area contributed by atoms with Crippen LogP contribution in [0.2, 0.25) is 0 Å². The van der Waals surface area contributed by atoms with E-state index in [2.05, 4.69) is 31.2 Å². The molecule has 3 aromatic rings. The van der Waals surface area contributed by atoms with Crippen LogP contribution in [0.4, 0.5) is 10.1 Å². The van der Waals surface area contributed by atoms with Crippen LogP contribution < -0.4 is 10.1 Å². The van der Waals surface area contributed by atoms with Crippen molar-refractivity contribution in [3.63, 3.8) is 0 Å². The maximum atomic E-state index is 14.2. The Morgan fingerprint density at radius 3 is 2.91 bits per heavy atom. The lowest BCUT2D eigenvalue weighted by Gasteiger charge is -2.10. The van der Waals surface area contributed by atoms with Crippen LogP contribution >= 0.6 is 15.9 Å². The summed E-state index contributed by atoms with van der Waals surface area (Å²) in [4.78, 5) is 18.3. The van der Waals surface area contributed by atoms with E-state index in [-0.39, 0.29) is 16.5 Å². The van der Waals surface area contributed by atoms with E-state index in [1.807, 2.05) is 6.07 Å². The molecule has 0 aliphatic rings. The van der Waals surface area contributed by atoms with E-state index < -0.39 is 5.82 Å². The largest absolute Gasteiger partial charge is 0.453 e. The molecule has 23 heavy (non-hydrogen) atoms. The summed E-state index contributed by atoms with van der Waals surface area (Å²) < 4.78 is 19.8. The second-order valence-corrected chi connectivity index (χ2v) is 6.28. The van der Waals surface area contributed by atoms with E-state index in [4.69, 9.17) is 4.74 Å². The van der Waals surface area contributed by atoms with Gasteiger partial charge in [0.05, 0.1) is 10.2 Å². The van der Waals surface area contributed by atoms with E-state index in [1.165, 1.54) is 12.1 Å². The van der Waals surface area contributed by atoms with Gasteiger partial charge in [-0.2, -0.15) is 0 Å². The van der Waals surface area contributed by atoms with Crippen molar-refractivity contribution in [2.45, 2.75) is 11.8 Å². The molecule has 7 heteroatoms. The van der Waals surface area contributed by atoms with E-state index >= 15 is 0 Å². The van der Waals surface area contributed by atoms with Crippen LogP contribution in [0.3, 0.4) is 0 Å². The number of H-pyrrole nitrogens is 1. The quantitative estimate of drug-likeness (QED) is 0.669. The first kappa shape index (κ1) is 15.5. The second kappa shape index (κ2) is 6.37. The van der Waals surface area contributed by atoms with Gasteiger partial charge in [0.25, 0.3) is 0 Å². The molecule has 2 heterocycles. The number of aromatic amines is 1. The summed E-state index contributed by atoms with van der Waals surface area (Å²) in [5.74, 6) is -0.239. The summed E-state index contributed by atoms with van der Waals surface area (Å²) in [7, 11) is 0. The first-order valence-corrected chi connectivity index (χ1v) is 7.80. The molecule has 0 saturated carbocycles. The number of anilines is 1. The topological polar surface area (TPSA) is 67.0 Å². The highest BCUT2D eigenvalue weighted by molar-refractivity contribution is 9.10. The van der Waals surface area contributed by atoms with Crippen molar-refractivity contribution >= 4 is 38.6 Å². The number of alkyl halides is 1. The molecule has 1 amide bonds. The maximum Gasteiger partial charge on any atom is 0.237 e. The Morgan fingerprint density at radius 1 is 1.35 bits per heavy atom. The minimum Gasteiger partial charge on any atom is -0.453 e. The van der Waals surface area contributed by atoms with Gasteiger partial charge in [-0.05, 0) is 31.2 Å². The molecule has 0 fully saturated rings. The molecular formula is C16H13BrFN3O2. The van der Waals surface area contributed by atoms with Crippen molar-refractivity contribution in [3.8, 4) is 11.5 Å². The fourth-order valence-corrected chi connectivity index (χ4v) is 2.16. The highest BCUT2D eigenvalue weighted by atomic mass is 79.9. The summed E-state index contributed by atoms with van der Waals surface area (Å²) in [6.07, 6.45) is 3.32. The third kappa shape index (κ3) is 3.34. The first-order chi connectivity index (χ1) is 11.0. The average Bonchev–Trinajstić information content (AvgIpc) is 2.99. The lowest BCUT2D eigenvalue weighted by Crippen LogP contribution is -2.19. The Bertz CT molecular complexity index is 863. The van der Waals surface area contributed by atoms with Gasteiger partial charge >= 0.3 is 0 Å². The van der Waals surface area contributed by atoms with Crippen LogP contribution in [0, 0.1) is 5.82 Å². The van der Waals surface area contributed by atoms with E-state index in [0.29, 0.717) is 17.1 Å². The Labute approximate surface area is 140 Å². The third-order valence-corrected chi connectivity index (χ3v) is 3.62. The van der Waals surface area contributed by atoms with Crippen LogP contribution in [0.5, 0.6) is 11.5 Å². The van der Waals surface area contributed by atoms with Gasteiger partial charge in [-0.1, -0.05) is 15.9 Å². The molecule has 0 aliphatic carbocycles. The number of rotatable bonds is 4. The molecule has 1 atom stereocenters. The number of fused-ring (bicyclic) bond motifs is 1. The van der Waals surface area contributed by atoms with Gasteiger partial charge in [0.1, 0.15) is 11.4 Å². The number of amides is 1. The van der Waals surface area contributed by atoms with Gasteiger partial charge in [-0.3, -0.25) is 4.79 Å². The first-order valence-electron chi connectivity index (χ1n) is 6.89. The Morgan fingerprint density at radius 2 is 2.17 bits per heavy atom. The van der Waals surface area contributed by atoms with Crippen molar-refractivity contribution < 1.29 is 13.9 Å². The summed E-state index contributed by atoms with van der Waals surface area (Å²) in [5, 5.41) is 3.36. The molecule has 0 aliphatic heterocycles. The number of benzene rings is 1. The number of halogens is 2. The van der Waals surface area contributed by atoms with Crippen molar-refractivity contribution in [1.82, 2.24) is 9.97 Å². The molecule has 0 bridgehead atoms. The average molecular weight is 378 g/mol. The zero-order valence-corrected chi connectivity index (χ0v) is 13.7. The summed E-state index contributed by atoms with van der Waals surface area (Å²) in [6, 6.07) is 7.75. The summed E-state index contributed by atoms with van der Waals surface area (Å²) in [5.41, 5.74) is 1.03. The predicted octanol–water partition coefficient (Wildman–Crippen LogP) is 4.22.